The molecule has 3 rings (SSSR count). The van der Waals surface area contributed by atoms with E-state index in [1.54, 1.807) is 36.4 Å². The Balaban J connectivity index is 1.56. The van der Waals surface area contributed by atoms with Gasteiger partial charge in [-0.1, -0.05) is 12.1 Å². The molecule has 0 spiro atoms. The topological polar surface area (TPSA) is 102 Å². The second kappa shape index (κ2) is 7.91. The van der Waals surface area contributed by atoms with Crippen molar-refractivity contribution in [3.63, 3.8) is 0 Å². The van der Waals surface area contributed by atoms with E-state index in [4.69, 9.17) is 9.47 Å². The van der Waals surface area contributed by atoms with Crippen LogP contribution in [0, 0.1) is 0 Å². The lowest BCUT2D eigenvalue weighted by Crippen LogP contribution is -2.38. The molecule has 1 N–H and O–H groups in total. The zero-order chi connectivity index (χ0) is 20.3. The molecule has 2 aromatic rings. The van der Waals surface area contributed by atoms with E-state index in [2.05, 4.69) is 5.32 Å². The fraction of sp³-hybridized carbons (Fsp3) is 0.200. The molecule has 1 aliphatic rings. The first-order chi connectivity index (χ1) is 13.4. The van der Waals surface area contributed by atoms with Gasteiger partial charge < -0.3 is 14.8 Å². The highest BCUT2D eigenvalue weighted by molar-refractivity contribution is 6.22. The van der Waals surface area contributed by atoms with Crippen LogP contribution in [0.25, 0.3) is 0 Å². The second-order valence-corrected chi connectivity index (χ2v) is 6.09. The lowest BCUT2D eigenvalue weighted by molar-refractivity contribution is -0.153. The van der Waals surface area contributed by atoms with E-state index in [1.165, 1.54) is 26.2 Å². The summed E-state index contributed by atoms with van der Waals surface area (Å²) in [6, 6.07) is 12.9. The monoisotopic (exact) mass is 382 g/mol. The molecule has 28 heavy (non-hydrogen) atoms. The number of esters is 1. The molecule has 1 unspecified atom stereocenters. The average molecular weight is 382 g/mol. The highest BCUT2D eigenvalue weighted by Crippen LogP contribution is 2.22. The minimum atomic E-state index is -1.11. The van der Waals surface area contributed by atoms with Crippen molar-refractivity contribution in [3.8, 4) is 5.75 Å². The Morgan fingerprint density at radius 3 is 2.11 bits per heavy atom. The highest BCUT2D eigenvalue weighted by Gasteiger charge is 2.37. The molecule has 0 bridgehead atoms. The largest absolute Gasteiger partial charge is 0.497 e. The molecule has 1 aliphatic heterocycles. The summed E-state index contributed by atoms with van der Waals surface area (Å²) >= 11 is 0. The zero-order valence-corrected chi connectivity index (χ0v) is 15.3. The van der Waals surface area contributed by atoms with Crippen molar-refractivity contribution in [2.24, 2.45) is 0 Å². The number of rotatable bonds is 6. The first-order valence-electron chi connectivity index (χ1n) is 8.50. The van der Waals surface area contributed by atoms with Crippen molar-refractivity contribution in [1.29, 1.82) is 0 Å². The van der Waals surface area contributed by atoms with Crippen LogP contribution in [-0.4, -0.2) is 48.3 Å². The second-order valence-electron chi connectivity index (χ2n) is 6.09. The van der Waals surface area contributed by atoms with Gasteiger partial charge in [0.05, 0.1) is 18.2 Å². The van der Waals surface area contributed by atoms with Gasteiger partial charge in [-0.25, -0.2) is 0 Å². The number of imide groups is 1. The van der Waals surface area contributed by atoms with E-state index in [0.717, 1.165) is 4.90 Å². The summed E-state index contributed by atoms with van der Waals surface area (Å²) in [4.78, 5) is 49.6. The predicted octanol–water partition coefficient (Wildman–Crippen LogP) is 1.86. The number of ether oxygens (including phenoxy) is 2. The number of anilines is 1. The molecule has 0 saturated heterocycles. The van der Waals surface area contributed by atoms with E-state index in [1.807, 2.05) is 0 Å². The van der Waals surface area contributed by atoms with Gasteiger partial charge in [-0.2, -0.15) is 0 Å². The maximum absolute atomic E-state index is 12.3. The summed E-state index contributed by atoms with van der Waals surface area (Å²) in [6.07, 6.45) is -1.11. The maximum Gasteiger partial charge on any atom is 0.326 e. The fourth-order valence-electron chi connectivity index (χ4n) is 2.72. The highest BCUT2D eigenvalue weighted by atomic mass is 16.5. The van der Waals surface area contributed by atoms with Crippen molar-refractivity contribution in [3.05, 3.63) is 59.7 Å². The first-order valence-corrected chi connectivity index (χ1v) is 8.50. The van der Waals surface area contributed by atoms with Crippen molar-refractivity contribution < 1.29 is 28.7 Å². The number of nitrogens with one attached hydrogen (secondary N) is 1. The third kappa shape index (κ3) is 3.85. The summed E-state index contributed by atoms with van der Waals surface area (Å²) in [6.45, 7) is 0.839. The Morgan fingerprint density at radius 1 is 1.00 bits per heavy atom. The lowest BCUT2D eigenvalue weighted by Gasteiger charge is -2.16. The number of hydrogen-bond acceptors (Lipinski definition) is 6. The van der Waals surface area contributed by atoms with Crippen molar-refractivity contribution in [2.75, 3.05) is 19.0 Å². The van der Waals surface area contributed by atoms with Crippen molar-refractivity contribution >= 4 is 29.4 Å². The number of carbonyl (C=O) groups is 4. The van der Waals surface area contributed by atoms with Crippen LogP contribution < -0.4 is 10.1 Å². The van der Waals surface area contributed by atoms with Gasteiger partial charge >= 0.3 is 5.97 Å². The molecule has 1 heterocycles. The van der Waals surface area contributed by atoms with E-state index in [9.17, 15) is 19.2 Å². The Morgan fingerprint density at radius 2 is 1.57 bits per heavy atom. The summed E-state index contributed by atoms with van der Waals surface area (Å²) < 4.78 is 10.1. The molecule has 0 aromatic heterocycles. The minimum absolute atomic E-state index is 0.241. The maximum atomic E-state index is 12.3. The number of fused-ring (bicyclic) bond motifs is 1. The molecular weight excluding hydrogens is 364 g/mol. The molecule has 8 heteroatoms. The predicted molar refractivity (Wildman–Crippen MR) is 99.0 cm³/mol. The van der Waals surface area contributed by atoms with Gasteiger partial charge in [0.1, 0.15) is 12.3 Å². The number of methoxy groups -OCH3 is 1. The summed E-state index contributed by atoms with van der Waals surface area (Å²) in [7, 11) is 1.53. The number of benzene rings is 2. The molecule has 0 radical (unpaired) electrons. The van der Waals surface area contributed by atoms with Crippen LogP contribution in [0.4, 0.5) is 5.69 Å². The van der Waals surface area contributed by atoms with E-state index in [-0.39, 0.29) is 11.1 Å². The molecule has 8 nitrogen and oxygen atoms in total. The fourth-order valence-corrected chi connectivity index (χ4v) is 2.72. The van der Waals surface area contributed by atoms with Gasteiger partial charge in [0, 0.05) is 5.69 Å². The quantitative estimate of drug-likeness (QED) is 0.604. The zero-order valence-electron chi connectivity index (χ0n) is 15.3. The van der Waals surface area contributed by atoms with Crippen molar-refractivity contribution in [2.45, 2.75) is 13.0 Å². The van der Waals surface area contributed by atoms with Gasteiger partial charge in [-0.3, -0.25) is 24.1 Å². The van der Waals surface area contributed by atoms with Gasteiger partial charge in [0.25, 0.3) is 17.7 Å². The van der Waals surface area contributed by atoms with E-state index in [0.29, 0.717) is 11.4 Å². The summed E-state index contributed by atoms with van der Waals surface area (Å²) in [5, 5.41) is 2.60. The molecular formula is C20H18N2O6. The number of carbonyl (C=O) groups excluding carboxylic acids is 4. The Kier molecular flexibility index (Phi) is 5.39. The third-order valence-corrected chi connectivity index (χ3v) is 4.20. The normalized spacial score (nSPS) is 13.7. The van der Waals surface area contributed by atoms with Crippen LogP contribution in [0.1, 0.15) is 27.6 Å². The van der Waals surface area contributed by atoms with Crippen LogP contribution in [0.5, 0.6) is 5.75 Å². The van der Waals surface area contributed by atoms with E-state index < -0.39 is 36.3 Å². The summed E-state index contributed by atoms with van der Waals surface area (Å²) in [5.74, 6) is -1.88. The smallest absolute Gasteiger partial charge is 0.326 e. The molecule has 0 aliphatic carbocycles. The van der Waals surface area contributed by atoms with Crippen LogP contribution in [0.15, 0.2) is 48.5 Å². The third-order valence-electron chi connectivity index (χ3n) is 4.20. The van der Waals surface area contributed by atoms with Crippen LogP contribution >= 0.6 is 0 Å². The Hall–Kier alpha value is -3.68. The number of amides is 3. The Bertz CT molecular complexity index is 903. The van der Waals surface area contributed by atoms with Gasteiger partial charge in [0.2, 0.25) is 0 Å². The average Bonchev–Trinajstić information content (AvgIpc) is 2.93. The number of hydrogen-bond donors (Lipinski definition) is 1. The molecule has 3 amide bonds. The first kappa shape index (κ1) is 19.1. The minimum Gasteiger partial charge on any atom is -0.497 e. The molecule has 0 fully saturated rings. The molecule has 0 saturated carbocycles. The van der Waals surface area contributed by atoms with Crippen molar-refractivity contribution in [1.82, 2.24) is 4.90 Å². The lowest BCUT2D eigenvalue weighted by atomic mass is 10.1. The SMILES string of the molecule is COc1ccc(NC(=O)C(C)OC(=O)CN2C(=O)c3ccccc3C2=O)cc1. The van der Waals surface area contributed by atoms with Crippen LogP contribution in [0.3, 0.4) is 0 Å². The van der Waals surface area contributed by atoms with Gasteiger partial charge in [0.15, 0.2) is 6.10 Å². The van der Waals surface area contributed by atoms with Gasteiger partial charge in [-0.15, -0.1) is 0 Å². The van der Waals surface area contributed by atoms with E-state index >= 15 is 0 Å². The molecule has 1 atom stereocenters. The number of nitrogens with zero attached hydrogens (tertiary/aromatic N) is 1. The van der Waals surface area contributed by atoms with Gasteiger partial charge in [-0.05, 0) is 43.3 Å². The Labute approximate surface area is 161 Å². The van der Waals surface area contributed by atoms with Crippen LogP contribution in [0.2, 0.25) is 0 Å². The van der Waals surface area contributed by atoms with Crippen LogP contribution in [-0.2, 0) is 14.3 Å². The molecule has 144 valence electrons. The summed E-state index contributed by atoms with van der Waals surface area (Å²) in [5.41, 5.74) is 0.991. The molecule has 2 aromatic carbocycles. The standard InChI is InChI=1S/C20H18N2O6/c1-12(18(24)21-13-7-9-14(27-2)10-8-13)28-17(23)11-22-19(25)15-5-3-4-6-16(15)20(22)26/h3-10,12H,11H2,1-2H3,(H,21,24).